The fourth-order valence-corrected chi connectivity index (χ4v) is 2.59. The molecule has 3 rings (SSSR count). The van der Waals surface area contributed by atoms with E-state index in [1.165, 1.54) is 25.3 Å². The molecule has 1 unspecified atom stereocenters. The lowest BCUT2D eigenvalue weighted by atomic mass is 9.96. The van der Waals surface area contributed by atoms with Gasteiger partial charge < -0.3 is 25.0 Å². The lowest BCUT2D eigenvalue weighted by Gasteiger charge is -2.27. The van der Waals surface area contributed by atoms with Crippen molar-refractivity contribution in [3.63, 3.8) is 0 Å². The van der Waals surface area contributed by atoms with Gasteiger partial charge in [0.1, 0.15) is 23.5 Å². The van der Waals surface area contributed by atoms with E-state index in [4.69, 9.17) is 9.84 Å². The molecule has 118 valence electrons. The zero-order valence-electron chi connectivity index (χ0n) is 11.6. The van der Waals surface area contributed by atoms with Gasteiger partial charge in [0.25, 0.3) is 0 Å². The highest BCUT2D eigenvalue weighted by atomic mass is 16.6. The number of fused-ring (bicyclic) bond motifs is 1. The van der Waals surface area contributed by atoms with Crippen LogP contribution in [0, 0.1) is 0 Å². The minimum absolute atomic E-state index is 0.116. The lowest BCUT2D eigenvalue weighted by molar-refractivity contribution is -0.0985. The molecule has 0 bridgehead atoms. The predicted molar refractivity (Wildman–Crippen MR) is 74.3 cm³/mol. The highest BCUT2D eigenvalue weighted by Crippen LogP contribution is 2.37. The molecule has 2 aromatic rings. The van der Waals surface area contributed by atoms with E-state index >= 15 is 0 Å². The maximum Gasteiger partial charge on any atom is 0.351 e. The van der Waals surface area contributed by atoms with Gasteiger partial charge in [-0.2, -0.15) is 4.98 Å². The Morgan fingerprint density at radius 2 is 2.18 bits per heavy atom. The predicted octanol–water partition coefficient (Wildman–Crippen LogP) is -1.91. The maximum atomic E-state index is 12.1. The van der Waals surface area contributed by atoms with Crippen molar-refractivity contribution in [3.8, 4) is 0 Å². The van der Waals surface area contributed by atoms with Gasteiger partial charge in [-0.1, -0.05) is 0 Å². The molecule has 1 aliphatic heterocycles. The first-order valence-electron chi connectivity index (χ1n) is 6.63. The molecular formula is C13H15N3O6. The molecule has 1 fully saturated rings. The summed E-state index contributed by atoms with van der Waals surface area (Å²) in [6.45, 7) is 0.804. The Hall–Kier alpha value is -2.07. The molecule has 0 aromatic carbocycles. The molecular weight excluding hydrogens is 294 g/mol. The van der Waals surface area contributed by atoms with Crippen molar-refractivity contribution in [3.05, 3.63) is 39.2 Å². The third kappa shape index (κ3) is 2.15. The molecule has 4 N–H and O–H groups in total. The molecule has 1 aliphatic rings. The summed E-state index contributed by atoms with van der Waals surface area (Å²) in [5.41, 5.74) is -2.82. The molecule has 4 atom stereocenters. The standard InChI is InChI=1S/C13H15N3O6/c1-13(21)9(19)7(5-17)22-11(13)16-4-6-2-3-8(18)14-10(6)15-12(16)20/h2-4,7,9,11,17,19,21H,5H2,1H3,(H,14,15,18,20)/t7-,9?,11-,13-/m1/s1. The molecule has 0 aliphatic carbocycles. The van der Waals surface area contributed by atoms with Crippen molar-refractivity contribution < 1.29 is 20.1 Å². The first-order valence-corrected chi connectivity index (χ1v) is 6.63. The van der Waals surface area contributed by atoms with Gasteiger partial charge in [-0.25, -0.2) is 4.79 Å². The molecule has 9 nitrogen and oxygen atoms in total. The van der Waals surface area contributed by atoms with Crippen LogP contribution >= 0.6 is 0 Å². The fraction of sp³-hybridized carbons (Fsp3) is 0.462. The van der Waals surface area contributed by atoms with E-state index in [2.05, 4.69) is 9.97 Å². The van der Waals surface area contributed by atoms with Gasteiger partial charge >= 0.3 is 5.69 Å². The quantitative estimate of drug-likeness (QED) is 0.507. The van der Waals surface area contributed by atoms with E-state index in [-0.39, 0.29) is 5.65 Å². The number of pyridine rings is 1. The van der Waals surface area contributed by atoms with Crippen LogP contribution in [0.3, 0.4) is 0 Å². The van der Waals surface area contributed by atoms with E-state index in [9.17, 15) is 19.8 Å². The highest BCUT2D eigenvalue weighted by molar-refractivity contribution is 5.72. The Morgan fingerprint density at radius 1 is 1.45 bits per heavy atom. The van der Waals surface area contributed by atoms with Crippen molar-refractivity contribution >= 4 is 11.0 Å². The van der Waals surface area contributed by atoms with Crippen molar-refractivity contribution in [1.29, 1.82) is 0 Å². The molecule has 22 heavy (non-hydrogen) atoms. The van der Waals surface area contributed by atoms with Gasteiger partial charge in [0, 0.05) is 17.6 Å². The maximum absolute atomic E-state index is 12.1. The second-order valence-corrected chi connectivity index (χ2v) is 5.44. The van der Waals surface area contributed by atoms with Crippen molar-refractivity contribution in [2.24, 2.45) is 0 Å². The van der Waals surface area contributed by atoms with E-state index < -0.39 is 41.9 Å². The molecule has 0 saturated carbocycles. The number of aromatic nitrogens is 3. The first-order chi connectivity index (χ1) is 10.3. The topological polar surface area (TPSA) is 138 Å². The van der Waals surface area contributed by atoms with Gasteiger partial charge in [-0.3, -0.25) is 9.36 Å². The molecule has 2 aromatic heterocycles. The number of nitrogens with zero attached hydrogens (tertiary/aromatic N) is 2. The number of H-pyrrole nitrogens is 1. The van der Waals surface area contributed by atoms with Crippen molar-refractivity contribution in [2.75, 3.05) is 6.61 Å². The number of aliphatic hydroxyl groups is 3. The van der Waals surface area contributed by atoms with E-state index in [1.54, 1.807) is 0 Å². The van der Waals surface area contributed by atoms with Crippen LogP contribution in [-0.2, 0) is 4.74 Å². The Bertz CT molecular complexity index is 826. The third-order valence-electron chi connectivity index (χ3n) is 3.82. The van der Waals surface area contributed by atoms with E-state index in [0.29, 0.717) is 5.39 Å². The zero-order chi connectivity index (χ0) is 16.1. The first kappa shape index (κ1) is 14.9. The summed E-state index contributed by atoms with van der Waals surface area (Å²) in [7, 11) is 0. The molecule has 9 heteroatoms. The number of aliphatic hydroxyl groups excluding tert-OH is 2. The van der Waals surface area contributed by atoms with Crippen LogP contribution in [-0.4, -0.2) is 54.3 Å². The second kappa shape index (κ2) is 4.99. The van der Waals surface area contributed by atoms with Crippen LogP contribution in [0.5, 0.6) is 0 Å². The van der Waals surface area contributed by atoms with Gasteiger partial charge in [0.2, 0.25) is 5.56 Å². The smallest absolute Gasteiger partial charge is 0.351 e. The van der Waals surface area contributed by atoms with Crippen LogP contribution in [0.1, 0.15) is 13.2 Å². The summed E-state index contributed by atoms with van der Waals surface area (Å²) >= 11 is 0. The zero-order valence-corrected chi connectivity index (χ0v) is 11.6. The SMILES string of the molecule is C[C@@]1(O)C(O)[C@@H](CO)O[C@H]1n1cc2ccc(=O)[nH]c2nc1=O. The minimum atomic E-state index is -1.78. The molecule has 3 heterocycles. The van der Waals surface area contributed by atoms with Gasteiger partial charge in [0.05, 0.1) is 6.61 Å². The van der Waals surface area contributed by atoms with Gasteiger partial charge in [-0.15, -0.1) is 0 Å². The summed E-state index contributed by atoms with van der Waals surface area (Å²) in [4.78, 5) is 29.5. The normalized spacial score (nSPS) is 31.7. The van der Waals surface area contributed by atoms with Crippen LogP contribution < -0.4 is 11.2 Å². The molecule has 1 saturated heterocycles. The van der Waals surface area contributed by atoms with Gasteiger partial charge in [0.15, 0.2) is 6.23 Å². The fourth-order valence-electron chi connectivity index (χ4n) is 2.59. The van der Waals surface area contributed by atoms with E-state index in [1.807, 2.05) is 0 Å². The number of ether oxygens (including phenoxy) is 1. The monoisotopic (exact) mass is 309 g/mol. The minimum Gasteiger partial charge on any atom is -0.394 e. The summed E-state index contributed by atoms with van der Waals surface area (Å²) in [6.07, 6.45) is -2.22. The van der Waals surface area contributed by atoms with Crippen molar-refractivity contribution in [1.82, 2.24) is 14.5 Å². The van der Waals surface area contributed by atoms with Crippen molar-refractivity contribution in [2.45, 2.75) is 31.0 Å². The number of nitrogens with one attached hydrogen (secondary N) is 1. The van der Waals surface area contributed by atoms with Crippen LogP contribution in [0.2, 0.25) is 0 Å². The van der Waals surface area contributed by atoms with Crippen LogP contribution in [0.15, 0.2) is 27.9 Å². The number of aromatic amines is 1. The number of hydrogen-bond donors (Lipinski definition) is 4. The summed E-state index contributed by atoms with van der Waals surface area (Å²) in [5.74, 6) is 0. The van der Waals surface area contributed by atoms with Crippen LogP contribution in [0.4, 0.5) is 0 Å². The summed E-state index contributed by atoms with van der Waals surface area (Å²) in [6, 6.07) is 2.75. The Balaban J connectivity index is 2.14. The number of hydrogen-bond acceptors (Lipinski definition) is 7. The average molecular weight is 309 g/mol. The van der Waals surface area contributed by atoms with Crippen LogP contribution in [0.25, 0.3) is 11.0 Å². The Labute approximate surface area is 123 Å². The van der Waals surface area contributed by atoms with Gasteiger partial charge in [-0.05, 0) is 13.0 Å². The average Bonchev–Trinajstić information content (AvgIpc) is 2.69. The molecule has 0 amide bonds. The molecule has 0 spiro atoms. The molecule has 0 radical (unpaired) electrons. The summed E-state index contributed by atoms with van der Waals surface area (Å²) < 4.78 is 6.41. The second-order valence-electron chi connectivity index (χ2n) is 5.44. The third-order valence-corrected chi connectivity index (χ3v) is 3.82. The summed E-state index contributed by atoms with van der Waals surface area (Å²) in [5, 5.41) is 30.0. The number of rotatable bonds is 2. The van der Waals surface area contributed by atoms with E-state index in [0.717, 1.165) is 4.57 Å². The highest BCUT2D eigenvalue weighted by Gasteiger charge is 2.53. The Morgan fingerprint density at radius 3 is 2.82 bits per heavy atom. The lowest BCUT2D eigenvalue weighted by Crippen LogP contribution is -2.46. The largest absolute Gasteiger partial charge is 0.394 e. The Kier molecular flexibility index (Phi) is 3.37.